The van der Waals surface area contributed by atoms with Gasteiger partial charge in [0.25, 0.3) is 21.5 Å². The van der Waals surface area contributed by atoms with Gasteiger partial charge in [-0.2, -0.15) is 18.2 Å². The van der Waals surface area contributed by atoms with Gasteiger partial charge in [0, 0.05) is 25.7 Å². The van der Waals surface area contributed by atoms with Crippen molar-refractivity contribution in [1.29, 1.82) is 0 Å². The fraction of sp³-hybridized carbons (Fsp3) is 0.227. The Morgan fingerprint density at radius 1 is 1.13 bits per heavy atom. The number of aromatic amines is 1. The molecule has 0 radical (unpaired) electrons. The molecule has 0 aliphatic rings. The van der Waals surface area contributed by atoms with Crippen molar-refractivity contribution in [3.63, 3.8) is 0 Å². The van der Waals surface area contributed by atoms with E-state index < -0.39 is 63.9 Å². The van der Waals surface area contributed by atoms with E-state index in [9.17, 15) is 45.6 Å². The number of nitrogens with one attached hydrogen (secondary N) is 2. The first kappa shape index (κ1) is 28.5. The number of ether oxygens (including phenoxy) is 1. The van der Waals surface area contributed by atoms with Gasteiger partial charge in [0.1, 0.15) is 29.1 Å². The molecule has 2 aromatic carbocycles. The second-order valence-electron chi connectivity index (χ2n) is 7.85. The van der Waals surface area contributed by atoms with Crippen LogP contribution >= 0.6 is 0 Å². The zero-order chi connectivity index (χ0) is 28.3. The number of benzene rings is 2. The Balaban J connectivity index is 1.71. The standard InChI is InChI=1S/C22H20F4N4O7S/c1-29(34)17(9-10-30-19(31)12-18(22(24,25)26)27-21(30)33)20(32)28-38(35,36)16-7-5-14(6-8-16)37-15-4-2-3-13(23)11-15/h2-8,11-12,17,34H,9-10H2,1H3,(H,27,33)(H,28,32). The van der Waals surface area contributed by atoms with Crippen LogP contribution in [0.4, 0.5) is 17.6 Å². The minimum atomic E-state index is -4.97. The quantitative estimate of drug-likeness (QED) is 0.266. The summed E-state index contributed by atoms with van der Waals surface area (Å²) in [5, 5.41) is 10.1. The summed E-state index contributed by atoms with van der Waals surface area (Å²) in [6, 6.07) is 8.47. The first-order chi connectivity index (χ1) is 17.7. The van der Waals surface area contributed by atoms with Crippen molar-refractivity contribution in [1.82, 2.24) is 19.3 Å². The predicted octanol–water partition coefficient (Wildman–Crippen LogP) is 2.07. The van der Waals surface area contributed by atoms with Crippen LogP contribution in [0.15, 0.2) is 69.1 Å². The molecule has 1 aromatic heterocycles. The smallest absolute Gasteiger partial charge is 0.431 e. The Morgan fingerprint density at radius 2 is 1.79 bits per heavy atom. The van der Waals surface area contributed by atoms with Crippen molar-refractivity contribution < 1.29 is 40.7 Å². The van der Waals surface area contributed by atoms with Crippen molar-refractivity contribution in [3.05, 3.63) is 86.9 Å². The van der Waals surface area contributed by atoms with Crippen molar-refractivity contribution in [3.8, 4) is 11.5 Å². The maximum atomic E-state index is 13.3. The third-order valence-corrected chi connectivity index (χ3v) is 6.47. The van der Waals surface area contributed by atoms with Gasteiger partial charge in [0.2, 0.25) is 0 Å². The third-order valence-electron chi connectivity index (χ3n) is 5.11. The Kier molecular flexibility index (Phi) is 8.38. The van der Waals surface area contributed by atoms with Crippen molar-refractivity contribution in [2.24, 2.45) is 0 Å². The molecule has 38 heavy (non-hydrogen) atoms. The van der Waals surface area contributed by atoms with E-state index in [1.807, 2.05) is 0 Å². The van der Waals surface area contributed by atoms with Gasteiger partial charge in [-0.15, -0.1) is 0 Å². The molecule has 16 heteroatoms. The molecule has 11 nitrogen and oxygen atoms in total. The molecule has 3 rings (SSSR count). The Bertz CT molecular complexity index is 1500. The maximum absolute atomic E-state index is 13.3. The summed E-state index contributed by atoms with van der Waals surface area (Å²) in [6.07, 6.45) is -5.49. The van der Waals surface area contributed by atoms with E-state index in [0.717, 1.165) is 25.2 Å². The Morgan fingerprint density at radius 3 is 2.34 bits per heavy atom. The SMILES string of the molecule is CN(O)C(CCn1c(=O)cc(C(F)(F)F)[nH]c1=O)C(=O)NS(=O)(=O)c1ccc(Oc2cccc(F)c2)cc1. The summed E-state index contributed by atoms with van der Waals surface area (Å²) < 4.78 is 84.4. The van der Waals surface area contributed by atoms with Gasteiger partial charge in [0.05, 0.1) is 4.90 Å². The normalized spacial score (nSPS) is 12.8. The average Bonchev–Trinajstić information content (AvgIpc) is 2.80. The highest BCUT2D eigenvalue weighted by Gasteiger charge is 2.33. The van der Waals surface area contributed by atoms with Crippen LogP contribution in [0.25, 0.3) is 0 Å². The summed E-state index contributed by atoms with van der Waals surface area (Å²) >= 11 is 0. The number of alkyl halides is 3. The van der Waals surface area contributed by atoms with E-state index in [0.29, 0.717) is 9.63 Å². The maximum Gasteiger partial charge on any atom is 0.431 e. The Labute approximate surface area is 211 Å². The monoisotopic (exact) mass is 560 g/mol. The van der Waals surface area contributed by atoms with E-state index in [4.69, 9.17) is 4.74 Å². The molecule has 3 N–H and O–H groups in total. The predicted molar refractivity (Wildman–Crippen MR) is 123 cm³/mol. The van der Waals surface area contributed by atoms with Crippen LogP contribution in [0.1, 0.15) is 12.1 Å². The molecule has 3 aromatic rings. The van der Waals surface area contributed by atoms with Crippen molar-refractivity contribution in [2.45, 2.75) is 30.1 Å². The number of hydroxylamine groups is 2. The number of H-pyrrole nitrogens is 1. The minimum absolute atomic E-state index is 0.158. The molecule has 1 heterocycles. The number of hydrogen-bond acceptors (Lipinski definition) is 8. The lowest BCUT2D eigenvalue weighted by Crippen LogP contribution is -2.47. The number of hydrogen-bond donors (Lipinski definition) is 3. The Hall–Kier alpha value is -4.02. The lowest BCUT2D eigenvalue weighted by Gasteiger charge is -2.22. The largest absolute Gasteiger partial charge is 0.457 e. The molecule has 0 saturated carbocycles. The van der Waals surface area contributed by atoms with Crippen LogP contribution in [0.3, 0.4) is 0 Å². The van der Waals surface area contributed by atoms with Crippen LogP contribution in [0, 0.1) is 5.82 Å². The molecule has 1 atom stereocenters. The van der Waals surface area contributed by atoms with Gasteiger partial charge in [-0.1, -0.05) is 6.07 Å². The van der Waals surface area contributed by atoms with E-state index in [1.54, 1.807) is 4.72 Å². The van der Waals surface area contributed by atoms with E-state index in [1.165, 1.54) is 35.3 Å². The number of nitrogens with zero attached hydrogens (tertiary/aromatic N) is 2. The number of likely N-dealkylation sites (N-methyl/N-ethyl adjacent to an activating group) is 1. The van der Waals surface area contributed by atoms with Crippen LogP contribution in [0.2, 0.25) is 0 Å². The van der Waals surface area contributed by atoms with Gasteiger partial charge in [0.15, 0.2) is 0 Å². The number of aromatic nitrogens is 2. The summed E-state index contributed by atoms with van der Waals surface area (Å²) in [6.45, 7) is -0.624. The molecule has 0 aliphatic carbocycles. The van der Waals surface area contributed by atoms with Crippen molar-refractivity contribution >= 4 is 15.9 Å². The number of carbonyl (C=O) groups excluding carboxylic acids is 1. The molecule has 0 bridgehead atoms. The van der Waals surface area contributed by atoms with Gasteiger partial charge in [-0.25, -0.2) is 22.3 Å². The second kappa shape index (κ2) is 11.2. The molecule has 0 saturated heterocycles. The highest BCUT2D eigenvalue weighted by Crippen LogP contribution is 2.26. The number of rotatable bonds is 9. The molecule has 1 unspecified atom stereocenters. The third kappa shape index (κ3) is 7.05. The van der Waals surface area contributed by atoms with Crippen LogP contribution in [-0.2, 0) is 27.5 Å². The lowest BCUT2D eigenvalue weighted by molar-refractivity contribution is -0.146. The van der Waals surface area contributed by atoms with Gasteiger partial charge >= 0.3 is 11.9 Å². The molecular formula is C22H20F4N4O7S. The summed E-state index contributed by atoms with van der Waals surface area (Å²) in [5.41, 5.74) is -4.28. The number of sulfonamides is 1. The fourth-order valence-corrected chi connectivity index (χ4v) is 4.25. The molecule has 204 valence electrons. The van der Waals surface area contributed by atoms with Gasteiger partial charge in [-0.05, 0) is 42.8 Å². The van der Waals surface area contributed by atoms with Crippen molar-refractivity contribution in [2.75, 3.05) is 7.05 Å². The van der Waals surface area contributed by atoms with Crippen LogP contribution in [-0.4, -0.2) is 47.2 Å². The van der Waals surface area contributed by atoms with Crippen LogP contribution in [0.5, 0.6) is 11.5 Å². The number of amides is 1. The average molecular weight is 560 g/mol. The van der Waals surface area contributed by atoms with Crippen LogP contribution < -0.4 is 20.7 Å². The zero-order valence-electron chi connectivity index (χ0n) is 19.4. The zero-order valence-corrected chi connectivity index (χ0v) is 20.2. The summed E-state index contributed by atoms with van der Waals surface area (Å²) in [4.78, 5) is 37.7. The molecular weight excluding hydrogens is 540 g/mol. The molecule has 0 aliphatic heterocycles. The first-order valence-electron chi connectivity index (χ1n) is 10.6. The van der Waals surface area contributed by atoms with E-state index >= 15 is 0 Å². The van der Waals surface area contributed by atoms with Gasteiger partial charge < -0.3 is 14.9 Å². The second-order valence-corrected chi connectivity index (χ2v) is 9.54. The minimum Gasteiger partial charge on any atom is -0.457 e. The summed E-state index contributed by atoms with van der Waals surface area (Å²) in [5.74, 6) is -1.46. The van der Waals surface area contributed by atoms with E-state index in [-0.39, 0.29) is 22.5 Å². The highest BCUT2D eigenvalue weighted by molar-refractivity contribution is 7.90. The first-order valence-corrected chi connectivity index (χ1v) is 12.1. The number of carbonyl (C=O) groups is 1. The molecule has 0 spiro atoms. The van der Waals surface area contributed by atoms with Gasteiger partial charge in [-0.3, -0.25) is 14.2 Å². The lowest BCUT2D eigenvalue weighted by atomic mass is 10.2. The summed E-state index contributed by atoms with van der Waals surface area (Å²) in [7, 11) is -3.47. The highest BCUT2D eigenvalue weighted by atomic mass is 32.2. The van der Waals surface area contributed by atoms with E-state index in [2.05, 4.69) is 0 Å². The molecule has 1 amide bonds. The number of halogens is 4. The molecule has 0 fully saturated rings. The fourth-order valence-electron chi connectivity index (χ4n) is 3.24. The topological polar surface area (TPSA) is 151 Å².